The summed E-state index contributed by atoms with van der Waals surface area (Å²) in [4.78, 5) is 29.9. The van der Waals surface area contributed by atoms with Crippen molar-refractivity contribution < 1.29 is 9.53 Å². The van der Waals surface area contributed by atoms with E-state index in [9.17, 15) is 4.79 Å². The normalized spacial score (nSPS) is 13.8. The molecule has 4 rings (SSSR count). The van der Waals surface area contributed by atoms with E-state index in [1.54, 1.807) is 50.0 Å². The van der Waals surface area contributed by atoms with Gasteiger partial charge in [0.2, 0.25) is 5.95 Å². The molecule has 1 aromatic carbocycles. The van der Waals surface area contributed by atoms with E-state index in [1.165, 1.54) is 0 Å². The Kier molecular flexibility index (Phi) is 5.51. The maximum absolute atomic E-state index is 12.4. The highest BCUT2D eigenvalue weighted by molar-refractivity contribution is 6.04. The largest absolute Gasteiger partial charge is 0.497 e. The molecule has 1 aliphatic rings. The van der Waals surface area contributed by atoms with Crippen LogP contribution in [0.5, 0.6) is 5.75 Å². The van der Waals surface area contributed by atoms with Crippen LogP contribution in [0.2, 0.25) is 0 Å². The van der Waals surface area contributed by atoms with Crippen molar-refractivity contribution in [2.45, 2.75) is 0 Å². The number of nitrogens with one attached hydrogen (secondary N) is 1. The topological polar surface area (TPSA) is 83.5 Å². The van der Waals surface area contributed by atoms with Crippen molar-refractivity contribution in [1.82, 2.24) is 15.0 Å². The maximum atomic E-state index is 12.4. The Bertz CT molecular complexity index is 956. The van der Waals surface area contributed by atoms with Crippen molar-refractivity contribution in [3.05, 3.63) is 66.6 Å². The number of carbonyl (C=O) groups is 1. The van der Waals surface area contributed by atoms with E-state index in [1.807, 2.05) is 18.2 Å². The lowest BCUT2D eigenvalue weighted by molar-refractivity contribution is 0.102. The predicted octanol–water partition coefficient (Wildman–Crippen LogP) is 2.46. The van der Waals surface area contributed by atoms with Gasteiger partial charge in [-0.25, -0.2) is 15.0 Å². The molecule has 1 amide bonds. The highest BCUT2D eigenvalue weighted by Crippen LogP contribution is 2.19. The molecule has 0 atom stereocenters. The molecule has 0 unspecified atom stereocenters. The SMILES string of the molecule is COc1cccc(C(=O)Nc2ccc(N3CCN(c4ncccn4)CC3)cn2)c1. The van der Waals surface area contributed by atoms with Crippen molar-refractivity contribution >= 4 is 23.4 Å². The number of pyridine rings is 1. The first-order valence-corrected chi connectivity index (χ1v) is 9.41. The monoisotopic (exact) mass is 390 g/mol. The van der Waals surface area contributed by atoms with Gasteiger partial charge in [0.05, 0.1) is 19.0 Å². The summed E-state index contributed by atoms with van der Waals surface area (Å²) < 4.78 is 5.16. The van der Waals surface area contributed by atoms with E-state index < -0.39 is 0 Å². The number of benzene rings is 1. The van der Waals surface area contributed by atoms with Crippen LogP contribution in [0.15, 0.2) is 61.1 Å². The molecule has 0 spiro atoms. The fourth-order valence-corrected chi connectivity index (χ4v) is 3.22. The third kappa shape index (κ3) is 4.43. The van der Waals surface area contributed by atoms with Crippen LogP contribution in [0.1, 0.15) is 10.4 Å². The first kappa shape index (κ1) is 18.7. The van der Waals surface area contributed by atoms with Gasteiger partial charge in [0, 0.05) is 44.1 Å². The number of amides is 1. The third-order valence-corrected chi connectivity index (χ3v) is 4.80. The number of hydrogen-bond acceptors (Lipinski definition) is 7. The average molecular weight is 390 g/mol. The van der Waals surface area contributed by atoms with E-state index in [-0.39, 0.29) is 5.91 Å². The van der Waals surface area contributed by atoms with E-state index in [2.05, 4.69) is 30.1 Å². The molecule has 8 heteroatoms. The second-order valence-corrected chi connectivity index (χ2v) is 6.61. The molecule has 0 bridgehead atoms. The Morgan fingerprint density at radius 1 is 0.966 bits per heavy atom. The van der Waals surface area contributed by atoms with Crippen LogP contribution in [-0.2, 0) is 0 Å². The lowest BCUT2D eigenvalue weighted by Crippen LogP contribution is -2.47. The summed E-state index contributed by atoms with van der Waals surface area (Å²) in [5, 5.41) is 2.82. The smallest absolute Gasteiger partial charge is 0.256 e. The summed E-state index contributed by atoms with van der Waals surface area (Å²) in [6, 6.07) is 12.6. The molecule has 0 aliphatic carbocycles. The highest BCUT2D eigenvalue weighted by atomic mass is 16.5. The number of ether oxygens (including phenoxy) is 1. The number of hydrogen-bond donors (Lipinski definition) is 1. The van der Waals surface area contributed by atoms with Gasteiger partial charge in [-0.05, 0) is 36.4 Å². The van der Waals surface area contributed by atoms with Gasteiger partial charge >= 0.3 is 0 Å². The van der Waals surface area contributed by atoms with Crippen molar-refractivity contribution in [3.63, 3.8) is 0 Å². The van der Waals surface area contributed by atoms with Crippen molar-refractivity contribution in [1.29, 1.82) is 0 Å². The molecule has 148 valence electrons. The van der Waals surface area contributed by atoms with E-state index in [0.29, 0.717) is 17.1 Å². The Labute approximate surface area is 169 Å². The number of methoxy groups -OCH3 is 1. The molecule has 1 N–H and O–H groups in total. The van der Waals surface area contributed by atoms with Crippen LogP contribution in [0, 0.1) is 0 Å². The zero-order valence-electron chi connectivity index (χ0n) is 16.2. The molecule has 0 radical (unpaired) electrons. The van der Waals surface area contributed by atoms with Gasteiger partial charge in [0.1, 0.15) is 11.6 Å². The third-order valence-electron chi connectivity index (χ3n) is 4.80. The fraction of sp³-hybridized carbons (Fsp3) is 0.238. The highest BCUT2D eigenvalue weighted by Gasteiger charge is 2.19. The summed E-state index contributed by atoms with van der Waals surface area (Å²) >= 11 is 0. The molecule has 1 fully saturated rings. The van der Waals surface area contributed by atoms with Gasteiger partial charge < -0.3 is 19.9 Å². The fourth-order valence-electron chi connectivity index (χ4n) is 3.22. The van der Waals surface area contributed by atoms with Gasteiger partial charge in [-0.15, -0.1) is 0 Å². The van der Waals surface area contributed by atoms with E-state index in [0.717, 1.165) is 37.8 Å². The Morgan fingerprint density at radius 2 is 1.72 bits per heavy atom. The molecular weight excluding hydrogens is 368 g/mol. The summed E-state index contributed by atoms with van der Waals surface area (Å²) in [7, 11) is 1.57. The van der Waals surface area contributed by atoms with Crippen LogP contribution >= 0.6 is 0 Å². The van der Waals surface area contributed by atoms with Gasteiger partial charge in [-0.2, -0.15) is 0 Å². The van der Waals surface area contributed by atoms with Gasteiger partial charge in [-0.3, -0.25) is 4.79 Å². The van der Waals surface area contributed by atoms with Crippen LogP contribution in [0.25, 0.3) is 0 Å². The Balaban J connectivity index is 1.35. The van der Waals surface area contributed by atoms with Gasteiger partial charge in [0.25, 0.3) is 5.91 Å². The number of anilines is 3. The summed E-state index contributed by atoms with van der Waals surface area (Å²) in [6.45, 7) is 3.40. The van der Waals surface area contributed by atoms with Crippen LogP contribution in [0.3, 0.4) is 0 Å². The lowest BCUT2D eigenvalue weighted by Gasteiger charge is -2.35. The minimum absolute atomic E-state index is 0.222. The van der Waals surface area contributed by atoms with Crippen LogP contribution < -0.4 is 19.9 Å². The Hall–Kier alpha value is -3.68. The first-order valence-electron chi connectivity index (χ1n) is 9.41. The molecule has 3 heterocycles. The molecular formula is C21H22N6O2. The molecule has 0 saturated carbocycles. The summed E-state index contributed by atoms with van der Waals surface area (Å²) in [6.07, 6.45) is 5.31. The molecule has 1 aliphatic heterocycles. The lowest BCUT2D eigenvalue weighted by atomic mass is 10.2. The van der Waals surface area contributed by atoms with Gasteiger partial charge in [0.15, 0.2) is 0 Å². The quantitative estimate of drug-likeness (QED) is 0.716. The van der Waals surface area contributed by atoms with Crippen molar-refractivity contribution in [2.24, 2.45) is 0 Å². The zero-order chi connectivity index (χ0) is 20.1. The second-order valence-electron chi connectivity index (χ2n) is 6.61. The average Bonchev–Trinajstić information content (AvgIpc) is 2.80. The summed E-state index contributed by atoms with van der Waals surface area (Å²) in [5.41, 5.74) is 1.55. The molecule has 3 aromatic rings. The second kappa shape index (κ2) is 8.55. The zero-order valence-corrected chi connectivity index (χ0v) is 16.2. The van der Waals surface area contributed by atoms with Crippen molar-refractivity contribution in [2.75, 3.05) is 48.4 Å². The summed E-state index contributed by atoms with van der Waals surface area (Å²) in [5.74, 6) is 1.69. The minimum Gasteiger partial charge on any atom is -0.497 e. The van der Waals surface area contributed by atoms with Gasteiger partial charge in [-0.1, -0.05) is 6.07 Å². The molecule has 2 aromatic heterocycles. The number of nitrogens with zero attached hydrogens (tertiary/aromatic N) is 5. The predicted molar refractivity (Wildman–Crippen MR) is 112 cm³/mol. The number of carbonyl (C=O) groups excluding carboxylic acids is 1. The number of rotatable bonds is 5. The maximum Gasteiger partial charge on any atom is 0.256 e. The van der Waals surface area contributed by atoms with Crippen LogP contribution in [0.4, 0.5) is 17.5 Å². The molecule has 29 heavy (non-hydrogen) atoms. The van der Waals surface area contributed by atoms with E-state index in [4.69, 9.17) is 4.74 Å². The first-order chi connectivity index (χ1) is 14.2. The van der Waals surface area contributed by atoms with E-state index >= 15 is 0 Å². The number of aromatic nitrogens is 3. The van der Waals surface area contributed by atoms with Crippen molar-refractivity contribution in [3.8, 4) is 5.75 Å². The standard InChI is InChI=1S/C21H22N6O2/c1-29-18-5-2-4-16(14-18)20(28)25-19-7-6-17(15-24-19)26-10-12-27(13-11-26)21-22-8-3-9-23-21/h2-9,14-15H,10-13H2,1H3,(H,24,25,28). The Morgan fingerprint density at radius 3 is 2.41 bits per heavy atom. The van der Waals surface area contributed by atoms with Crippen LogP contribution in [-0.4, -0.2) is 54.1 Å². The minimum atomic E-state index is -0.222. The molecule has 8 nitrogen and oxygen atoms in total. The molecule has 1 saturated heterocycles. The number of piperazine rings is 1.